The monoisotopic (exact) mass is 271 g/mol. The van der Waals surface area contributed by atoms with Crippen LogP contribution in [0.2, 0.25) is 0 Å². The summed E-state index contributed by atoms with van der Waals surface area (Å²) in [7, 11) is 1.63. The van der Waals surface area contributed by atoms with Gasteiger partial charge in [0.05, 0.1) is 19.8 Å². The SMILES string of the molecule is COCCOCCCOc1ccc(CCN)cc1F. The fraction of sp³-hybridized carbons (Fsp3) is 0.571. The zero-order chi connectivity index (χ0) is 13.9. The van der Waals surface area contributed by atoms with Crippen molar-refractivity contribution < 1.29 is 18.6 Å². The summed E-state index contributed by atoms with van der Waals surface area (Å²) in [5.41, 5.74) is 6.30. The molecule has 1 aromatic rings. The van der Waals surface area contributed by atoms with Crippen molar-refractivity contribution in [1.82, 2.24) is 0 Å². The molecule has 2 N–H and O–H groups in total. The van der Waals surface area contributed by atoms with Gasteiger partial charge in [0, 0.05) is 20.1 Å². The Morgan fingerprint density at radius 3 is 2.68 bits per heavy atom. The molecular weight excluding hydrogens is 249 g/mol. The highest BCUT2D eigenvalue weighted by Crippen LogP contribution is 2.18. The first-order valence-electron chi connectivity index (χ1n) is 6.46. The predicted octanol–water partition coefficient (Wildman–Crippen LogP) is 1.76. The number of halogens is 1. The second-order valence-corrected chi connectivity index (χ2v) is 4.11. The number of hydrogen-bond acceptors (Lipinski definition) is 4. The number of methoxy groups -OCH3 is 1. The van der Waals surface area contributed by atoms with Crippen LogP contribution in [0.4, 0.5) is 4.39 Å². The lowest BCUT2D eigenvalue weighted by Crippen LogP contribution is -2.07. The quantitative estimate of drug-likeness (QED) is 0.659. The van der Waals surface area contributed by atoms with Crippen LogP contribution in [0.3, 0.4) is 0 Å². The number of hydrogen-bond donors (Lipinski definition) is 1. The van der Waals surface area contributed by atoms with Gasteiger partial charge in [-0.1, -0.05) is 6.07 Å². The molecule has 0 heterocycles. The van der Waals surface area contributed by atoms with Gasteiger partial charge >= 0.3 is 0 Å². The van der Waals surface area contributed by atoms with E-state index in [1.165, 1.54) is 6.07 Å². The van der Waals surface area contributed by atoms with Gasteiger partial charge in [-0.25, -0.2) is 4.39 Å². The van der Waals surface area contributed by atoms with E-state index in [0.29, 0.717) is 45.8 Å². The van der Waals surface area contributed by atoms with E-state index in [4.69, 9.17) is 19.9 Å². The molecule has 0 aliphatic rings. The first-order chi connectivity index (χ1) is 9.27. The van der Waals surface area contributed by atoms with Crippen LogP contribution >= 0.6 is 0 Å². The highest BCUT2D eigenvalue weighted by atomic mass is 19.1. The molecule has 0 amide bonds. The maximum Gasteiger partial charge on any atom is 0.165 e. The predicted molar refractivity (Wildman–Crippen MR) is 72.0 cm³/mol. The molecular formula is C14H22FNO3. The highest BCUT2D eigenvalue weighted by molar-refractivity contribution is 5.29. The molecule has 0 aromatic heterocycles. The number of ether oxygens (including phenoxy) is 3. The van der Waals surface area contributed by atoms with Gasteiger partial charge in [-0.2, -0.15) is 0 Å². The average molecular weight is 271 g/mol. The summed E-state index contributed by atoms with van der Waals surface area (Å²) in [6.45, 7) is 2.67. The van der Waals surface area contributed by atoms with Gasteiger partial charge in [0.2, 0.25) is 0 Å². The normalized spacial score (nSPS) is 10.7. The van der Waals surface area contributed by atoms with Crippen LogP contribution in [-0.2, 0) is 15.9 Å². The van der Waals surface area contributed by atoms with Gasteiger partial charge in [-0.3, -0.25) is 0 Å². The van der Waals surface area contributed by atoms with E-state index < -0.39 is 0 Å². The molecule has 1 aromatic carbocycles. The molecule has 0 saturated carbocycles. The molecule has 0 spiro atoms. The van der Waals surface area contributed by atoms with E-state index in [1.54, 1.807) is 13.2 Å². The third-order valence-electron chi connectivity index (χ3n) is 2.55. The summed E-state index contributed by atoms with van der Waals surface area (Å²) < 4.78 is 29.1. The molecule has 0 aliphatic heterocycles. The Bertz CT molecular complexity index is 361. The first kappa shape index (κ1) is 15.9. The van der Waals surface area contributed by atoms with E-state index >= 15 is 0 Å². The van der Waals surface area contributed by atoms with Crippen molar-refractivity contribution in [3.63, 3.8) is 0 Å². The molecule has 1 rings (SSSR count). The standard InChI is InChI=1S/C14H22FNO3/c1-17-9-10-18-7-2-8-19-14-4-3-12(5-6-16)11-13(14)15/h3-4,11H,2,5-10,16H2,1H3. The number of rotatable bonds is 10. The van der Waals surface area contributed by atoms with Gasteiger partial charge in [0.1, 0.15) is 0 Å². The van der Waals surface area contributed by atoms with Crippen LogP contribution in [0, 0.1) is 5.82 Å². The minimum absolute atomic E-state index is 0.276. The van der Waals surface area contributed by atoms with Crippen molar-refractivity contribution >= 4 is 0 Å². The summed E-state index contributed by atoms with van der Waals surface area (Å²) in [6.07, 6.45) is 1.39. The van der Waals surface area contributed by atoms with E-state index in [0.717, 1.165) is 5.56 Å². The van der Waals surface area contributed by atoms with Crippen LogP contribution in [0.15, 0.2) is 18.2 Å². The van der Waals surface area contributed by atoms with Crippen LogP contribution in [0.1, 0.15) is 12.0 Å². The fourth-order valence-electron chi connectivity index (χ4n) is 1.57. The number of nitrogens with two attached hydrogens (primary N) is 1. The minimum atomic E-state index is -0.341. The van der Waals surface area contributed by atoms with E-state index in [2.05, 4.69) is 0 Å². The lowest BCUT2D eigenvalue weighted by atomic mass is 10.1. The first-order valence-corrected chi connectivity index (χ1v) is 6.46. The third kappa shape index (κ3) is 6.52. The Kier molecular flexibility index (Phi) is 8.13. The van der Waals surface area contributed by atoms with Gasteiger partial charge in [0.15, 0.2) is 11.6 Å². The summed E-state index contributed by atoms with van der Waals surface area (Å²) >= 11 is 0. The van der Waals surface area contributed by atoms with E-state index in [-0.39, 0.29) is 11.6 Å². The molecule has 0 atom stereocenters. The molecule has 5 heteroatoms. The number of benzene rings is 1. The van der Waals surface area contributed by atoms with Crippen molar-refractivity contribution in [2.75, 3.05) is 40.1 Å². The van der Waals surface area contributed by atoms with Gasteiger partial charge in [0.25, 0.3) is 0 Å². The zero-order valence-electron chi connectivity index (χ0n) is 11.4. The fourth-order valence-corrected chi connectivity index (χ4v) is 1.57. The van der Waals surface area contributed by atoms with E-state index in [9.17, 15) is 4.39 Å². The second-order valence-electron chi connectivity index (χ2n) is 4.11. The van der Waals surface area contributed by atoms with Gasteiger partial charge in [-0.15, -0.1) is 0 Å². The summed E-state index contributed by atoms with van der Waals surface area (Å²) in [5, 5.41) is 0. The van der Waals surface area contributed by atoms with Crippen LogP contribution in [-0.4, -0.2) is 40.1 Å². The maximum absolute atomic E-state index is 13.6. The van der Waals surface area contributed by atoms with E-state index in [1.807, 2.05) is 6.07 Å². The molecule has 0 bridgehead atoms. The van der Waals surface area contributed by atoms with Crippen LogP contribution in [0.5, 0.6) is 5.75 Å². The Morgan fingerprint density at radius 1 is 1.16 bits per heavy atom. The van der Waals surface area contributed by atoms with Crippen molar-refractivity contribution in [3.05, 3.63) is 29.6 Å². The molecule has 0 saturated heterocycles. The van der Waals surface area contributed by atoms with Crippen LogP contribution in [0.25, 0.3) is 0 Å². The molecule has 108 valence electrons. The Hall–Kier alpha value is -1.17. The topological polar surface area (TPSA) is 53.7 Å². The molecule has 0 aliphatic carbocycles. The maximum atomic E-state index is 13.6. The lowest BCUT2D eigenvalue weighted by Gasteiger charge is -2.09. The second kappa shape index (κ2) is 9.72. The average Bonchev–Trinajstić information content (AvgIpc) is 2.40. The van der Waals surface area contributed by atoms with Crippen molar-refractivity contribution in [2.45, 2.75) is 12.8 Å². The lowest BCUT2D eigenvalue weighted by molar-refractivity contribution is 0.0642. The van der Waals surface area contributed by atoms with Gasteiger partial charge in [-0.05, 0) is 30.7 Å². The van der Waals surface area contributed by atoms with Crippen molar-refractivity contribution in [2.24, 2.45) is 5.73 Å². The third-order valence-corrected chi connectivity index (χ3v) is 2.55. The molecule has 0 radical (unpaired) electrons. The Balaban J connectivity index is 2.22. The summed E-state index contributed by atoms with van der Waals surface area (Å²) in [5.74, 6) is -0.0658. The largest absolute Gasteiger partial charge is 0.490 e. The molecule has 0 fully saturated rings. The smallest absolute Gasteiger partial charge is 0.165 e. The van der Waals surface area contributed by atoms with Crippen LogP contribution < -0.4 is 10.5 Å². The highest BCUT2D eigenvalue weighted by Gasteiger charge is 2.04. The Morgan fingerprint density at radius 2 is 2.00 bits per heavy atom. The zero-order valence-corrected chi connectivity index (χ0v) is 11.4. The molecule has 19 heavy (non-hydrogen) atoms. The van der Waals surface area contributed by atoms with Crippen molar-refractivity contribution in [3.8, 4) is 5.75 Å². The summed E-state index contributed by atoms with van der Waals surface area (Å²) in [4.78, 5) is 0. The summed E-state index contributed by atoms with van der Waals surface area (Å²) in [6, 6.07) is 4.95. The minimum Gasteiger partial charge on any atom is -0.490 e. The Labute approximate surface area is 113 Å². The molecule has 4 nitrogen and oxygen atoms in total. The van der Waals surface area contributed by atoms with Gasteiger partial charge < -0.3 is 19.9 Å². The van der Waals surface area contributed by atoms with Crippen molar-refractivity contribution in [1.29, 1.82) is 0 Å². The molecule has 0 unspecified atom stereocenters.